The molecule has 1 saturated heterocycles. The van der Waals surface area contributed by atoms with E-state index in [1.165, 1.54) is 6.42 Å². The molecule has 1 fully saturated rings. The fraction of sp³-hybridized carbons (Fsp3) is 0.312. The standard InChI is InChI=1S/C16H17BrN4O/c17-12-4-6-13(7-5-12)18-15-9-8-14(19-20-15)16(22)21-10-2-1-3-11-21/h4-9H,1-3,10-11H2,(H,18,20). The highest BCUT2D eigenvalue weighted by Gasteiger charge is 2.19. The normalized spacial score (nSPS) is 14.7. The summed E-state index contributed by atoms with van der Waals surface area (Å²) < 4.78 is 1.02. The molecule has 22 heavy (non-hydrogen) atoms. The van der Waals surface area contributed by atoms with Gasteiger partial charge in [-0.2, -0.15) is 0 Å². The van der Waals surface area contributed by atoms with Gasteiger partial charge < -0.3 is 10.2 Å². The van der Waals surface area contributed by atoms with Crippen LogP contribution in [0.15, 0.2) is 40.9 Å². The number of anilines is 2. The summed E-state index contributed by atoms with van der Waals surface area (Å²) in [5.74, 6) is 0.597. The highest BCUT2D eigenvalue weighted by Crippen LogP contribution is 2.18. The lowest BCUT2D eigenvalue weighted by Gasteiger charge is -2.26. The van der Waals surface area contributed by atoms with Gasteiger partial charge in [-0.25, -0.2) is 0 Å². The number of carbonyl (C=O) groups is 1. The summed E-state index contributed by atoms with van der Waals surface area (Å²) in [6.07, 6.45) is 3.34. The van der Waals surface area contributed by atoms with Crippen molar-refractivity contribution in [2.75, 3.05) is 18.4 Å². The Morgan fingerprint density at radius 3 is 2.36 bits per heavy atom. The Morgan fingerprint density at radius 2 is 1.73 bits per heavy atom. The summed E-state index contributed by atoms with van der Waals surface area (Å²) in [5, 5.41) is 11.3. The summed E-state index contributed by atoms with van der Waals surface area (Å²) >= 11 is 3.40. The number of piperidine rings is 1. The number of nitrogens with zero attached hydrogens (tertiary/aromatic N) is 3. The average Bonchev–Trinajstić information content (AvgIpc) is 2.58. The molecule has 5 nitrogen and oxygen atoms in total. The van der Waals surface area contributed by atoms with E-state index >= 15 is 0 Å². The largest absolute Gasteiger partial charge is 0.339 e. The minimum absolute atomic E-state index is 0.0256. The Hall–Kier alpha value is -1.95. The fourth-order valence-electron chi connectivity index (χ4n) is 2.45. The number of carbonyl (C=O) groups excluding carboxylic acids is 1. The monoisotopic (exact) mass is 360 g/mol. The van der Waals surface area contributed by atoms with Crippen LogP contribution in [-0.2, 0) is 0 Å². The van der Waals surface area contributed by atoms with Gasteiger partial charge in [0.1, 0.15) is 0 Å². The number of benzene rings is 1. The van der Waals surface area contributed by atoms with Crippen molar-refractivity contribution >= 4 is 33.3 Å². The van der Waals surface area contributed by atoms with Crippen molar-refractivity contribution in [3.05, 3.63) is 46.6 Å². The number of aromatic nitrogens is 2. The first-order valence-corrected chi connectivity index (χ1v) is 8.17. The van der Waals surface area contributed by atoms with Crippen LogP contribution in [0.1, 0.15) is 29.8 Å². The molecule has 0 aliphatic carbocycles. The number of hydrogen-bond acceptors (Lipinski definition) is 4. The first kappa shape index (κ1) is 15.0. The molecule has 1 aliphatic heterocycles. The zero-order valence-corrected chi connectivity index (χ0v) is 13.7. The zero-order valence-electron chi connectivity index (χ0n) is 12.1. The minimum Gasteiger partial charge on any atom is -0.339 e. The summed E-state index contributed by atoms with van der Waals surface area (Å²) in [7, 11) is 0. The fourth-order valence-corrected chi connectivity index (χ4v) is 2.72. The van der Waals surface area contributed by atoms with E-state index in [0.717, 1.165) is 36.1 Å². The van der Waals surface area contributed by atoms with Gasteiger partial charge in [0, 0.05) is 23.2 Å². The van der Waals surface area contributed by atoms with Crippen molar-refractivity contribution in [3.8, 4) is 0 Å². The van der Waals surface area contributed by atoms with Crippen LogP contribution in [-0.4, -0.2) is 34.1 Å². The van der Waals surface area contributed by atoms with E-state index in [1.807, 2.05) is 29.2 Å². The summed E-state index contributed by atoms with van der Waals surface area (Å²) in [4.78, 5) is 14.2. The maximum atomic E-state index is 12.3. The van der Waals surface area contributed by atoms with Gasteiger partial charge in [-0.1, -0.05) is 15.9 Å². The van der Waals surface area contributed by atoms with Crippen molar-refractivity contribution in [1.82, 2.24) is 15.1 Å². The third kappa shape index (κ3) is 3.62. The van der Waals surface area contributed by atoms with Crippen LogP contribution < -0.4 is 5.32 Å². The molecule has 1 aromatic heterocycles. The van der Waals surface area contributed by atoms with Gasteiger partial charge in [-0.3, -0.25) is 4.79 Å². The third-order valence-electron chi connectivity index (χ3n) is 3.64. The molecule has 2 aromatic rings. The molecule has 0 bridgehead atoms. The third-order valence-corrected chi connectivity index (χ3v) is 4.17. The molecule has 1 aliphatic rings. The molecule has 0 radical (unpaired) electrons. The average molecular weight is 361 g/mol. The number of amides is 1. The molecule has 3 rings (SSSR count). The van der Waals surface area contributed by atoms with Gasteiger partial charge in [0.15, 0.2) is 11.5 Å². The predicted octanol–water partition coefficient (Wildman–Crippen LogP) is 3.61. The first-order valence-electron chi connectivity index (χ1n) is 7.38. The maximum absolute atomic E-state index is 12.3. The van der Waals surface area contributed by atoms with E-state index in [-0.39, 0.29) is 5.91 Å². The number of halogens is 1. The van der Waals surface area contributed by atoms with E-state index in [9.17, 15) is 4.79 Å². The van der Waals surface area contributed by atoms with Gasteiger partial charge in [-0.15, -0.1) is 10.2 Å². The second-order valence-electron chi connectivity index (χ2n) is 5.29. The highest BCUT2D eigenvalue weighted by molar-refractivity contribution is 9.10. The molecule has 2 heterocycles. The summed E-state index contributed by atoms with van der Waals surface area (Å²) in [6, 6.07) is 11.3. The number of nitrogens with one attached hydrogen (secondary N) is 1. The first-order chi connectivity index (χ1) is 10.7. The zero-order chi connectivity index (χ0) is 15.4. The molecule has 1 N–H and O–H groups in total. The van der Waals surface area contributed by atoms with Crippen molar-refractivity contribution in [1.29, 1.82) is 0 Å². The summed E-state index contributed by atoms with van der Waals surface area (Å²) in [6.45, 7) is 1.64. The van der Waals surface area contributed by atoms with Gasteiger partial charge >= 0.3 is 0 Å². The molecule has 1 aromatic carbocycles. The van der Waals surface area contributed by atoms with Gasteiger partial charge in [-0.05, 0) is 55.7 Å². The Balaban J connectivity index is 1.66. The van der Waals surface area contributed by atoms with Crippen LogP contribution in [0, 0.1) is 0 Å². The molecule has 0 atom stereocenters. The molecule has 114 valence electrons. The lowest BCUT2D eigenvalue weighted by Crippen LogP contribution is -2.36. The van der Waals surface area contributed by atoms with Crippen LogP contribution in [0.4, 0.5) is 11.5 Å². The Kier molecular flexibility index (Phi) is 4.68. The van der Waals surface area contributed by atoms with Crippen LogP contribution in [0.3, 0.4) is 0 Å². The second kappa shape index (κ2) is 6.87. The van der Waals surface area contributed by atoms with Crippen molar-refractivity contribution < 1.29 is 4.79 Å². The number of likely N-dealkylation sites (tertiary alicyclic amines) is 1. The van der Waals surface area contributed by atoms with Crippen LogP contribution in [0.2, 0.25) is 0 Å². The topological polar surface area (TPSA) is 58.1 Å². The molecule has 0 unspecified atom stereocenters. The van der Waals surface area contributed by atoms with E-state index in [4.69, 9.17) is 0 Å². The lowest BCUT2D eigenvalue weighted by molar-refractivity contribution is 0.0717. The lowest BCUT2D eigenvalue weighted by atomic mass is 10.1. The SMILES string of the molecule is O=C(c1ccc(Nc2ccc(Br)cc2)nn1)N1CCCCC1. The van der Waals surface area contributed by atoms with E-state index < -0.39 is 0 Å². The minimum atomic E-state index is -0.0256. The van der Waals surface area contributed by atoms with Gasteiger partial charge in [0.25, 0.3) is 5.91 Å². The van der Waals surface area contributed by atoms with Crippen molar-refractivity contribution in [3.63, 3.8) is 0 Å². The Morgan fingerprint density at radius 1 is 1.00 bits per heavy atom. The Labute approximate surface area is 137 Å². The van der Waals surface area contributed by atoms with Crippen LogP contribution in [0.5, 0.6) is 0 Å². The molecular formula is C16H17BrN4O. The van der Waals surface area contributed by atoms with E-state index in [0.29, 0.717) is 11.5 Å². The van der Waals surface area contributed by atoms with Crippen LogP contribution in [0.25, 0.3) is 0 Å². The second-order valence-corrected chi connectivity index (χ2v) is 6.20. The molecule has 1 amide bonds. The van der Waals surface area contributed by atoms with E-state index in [1.54, 1.807) is 12.1 Å². The van der Waals surface area contributed by atoms with Crippen molar-refractivity contribution in [2.45, 2.75) is 19.3 Å². The smallest absolute Gasteiger partial charge is 0.274 e. The molecule has 0 saturated carbocycles. The molecular weight excluding hydrogens is 344 g/mol. The molecule has 6 heteroatoms. The number of hydrogen-bond donors (Lipinski definition) is 1. The van der Waals surface area contributed by atoms with Gasteiger partial charge in [0.05, 0.1) is 0 Å². The quantitative estimate of drug-likeness (QED) is 0.908. The van der Waals surface area contributed by atoms with Crippen LogP contribution >= 0.6 is 15.9 Å². The highest BCUT2D eigenvalue weighted by atomic mass is 79.9. The summed E-state index contributed by atoms with van der Waals surface area (Å²) in [5.41, 5.74) is 1.33. The predicted molar refractivity (Wildman–Crippen MR) is 89.2 cm³/mol. The van der Waals surface area contributed by atoms with Crippen molar-refractivity contribution in [2.24, 2.45) is 0 Å². The van der Waals surface area contributed by atoms with Gasteiger partial charge in [0.2, 0.25) is 0 Å². The maximum Gasteiger partial charge on any atom is 0.274 e. The number of rotatable bonds is 3. The Bertz CT molecular complexity index is 636. The molecule has 0 spiro atoms. The van der Waals surface area contributed by atoms with E-state index in [2.05, 4.69) is 31.4 Å².